The van der Waals surface area contributed by atoms with Gasteiger partial charge < -0.3 is 0 Å². The van der Waals surface area contributed by atoms with Crippen molar-refractivity contribution in [3.05, 3.63) is 126 Å². The molecule has 2 atom stereocenters. The predicted octanol–water partition coefficient (Wildman–Crippen LogP) is 10.6. The molecule has 2 aromatic heterocycles. The lowest BCUT2D eigenvalue weighted by Gasteiger charge is -2.29. The van der Waals surface area contributed by atoms with Crippen LogP contribution in [-0.2, 0) is 5.41 Å². The zero-order valence-corrected chi connectivity index (χ0v) is 24.6. The number of thiophene rings is 1. The van der Waals surface area contributed by atoms with Crippen LogP contribution < -0.4 is 0 Å². The average Bonchev–Trinajstić information content (AvgIpc) is 3.38. The van der Waals surface area contributed by atoms with Gasteiger partial charge in [0.25, 0.3) is 0 Å². The smallest absolute Gasteiger partial charge is 0.0975 e. The maximum absolute atomic E-state index is 5.38. The lowest BCUT2D eigenvalue weighted by molar-refractivity contribution is 0.588. The van der Waals surface area contributed by atoms with Crippen LogP contribution in [0.4, 0.5) is 0 Å². The fourth-order valence-corrected chi connectivity index (χ4v) is 7.66. The second-order valence-electron chi connectivity index (χ2n) is 11.4. The maximum Gasteiger partial charge on any atom is 0.0975 e. The van der Waals surface area contributed by atoms with Gasteiger partial charge in [0, 0.05) is 41.6 Å². The molecule has 0 bridgehead atoms. The minimum Gasteiger partial charge on any atom is -0.252 e. The molecule has 1 aliphatic carbocycles. The number of fused-ring (bicyclic) bond motifs is 9. The van der Waals surface area contributed by atoms with Crippen LogP contribution >= 0.6 is 24.0 Å². The Hall–Kier alpha value is -3.99. The molecule has 8 rings (SSSR count). The SMILES string of the molecule is C[C@@H](S)c1ccc2c(c1)c1ccccc1c1ncc(C3(C)C=CC=C(c4ccc5sc6ccccc6c5c4)C3)nc21. The fourth-order valence-electron chi connectivity index (χ4n) is 6.41. The Morgan fingerprint density at radius 3 is 2.39 bits per heavy atom. The zero-order chi connectivity index (χ0) is 27.7. The lowest BCUT2D eigenvalue weighted by atomic mass is 9.76. The summed E-state index contributed by atoms with van der Waals surface area (Å²) in [7, 11) is 0. The van der Waals surface area contributed by atoms with Crippen molar-refractivity contribution in [2.75, 3.05) is 0 Å². The number of thiol groups is 1. The molecule has 41 heavy (non-hydrogen) atoms. The summed E-state index contributed by atoms with van der Waals surface area (Å²) >= 11 is 6.57. The Morgan fingerprint density at radius 1 is 0.780 bits per heavy atom. The van der Waals surface area contributed by atoms with Crippen LogP contribution in [0.3, 0.4) is 0 Å². The van der Waals surface area contributed by atoms with E-state index in [0.717, 1.165) is 33.9 Å². The summed E-state index contributed by atoms with van der Waals surface area (Å²) in [4.78, 5) is 10.4. The number of benzene rings is 5. The van der Waals surface area contributed by atoms with Crippen LogP contribution in [0.25, 0.3) is 58.3 Å². The van der Waals surface area contributed by atoms with Gasteiger partial charge in [-0.3, -0.25) is 4.98 Å². The molecule has 0 N–H and O–H groups in total. The molecule has 1 aliphatic rings. The molecule has 0 saturated carbocycles. The summed E-state index contributed by atoms with van der Waals surface area (Å²) in [5.74, 6) is 0. The van der Waals surface area contributed by atoms with E-state index in [1.165, 1.54) is 47.6 Å². The summed E-state index contributed by atoms with van der Waals surface area (Å²) in [5, 5.41) is 7.52. The molecule has 0 radical (unpaired) electrons. The molecule has 0 aliphatic heterocycles. The first kappa shape index (κ1) is 24.8. The van der Waals surface area contributed by atoms with E-state index >= 15 is 0 Å². The van der Waals surface area contributed by atoms with E-state index in [4.69, 9.17) is 22.6 Å². The fraction of sp³-hybridized carbons (Fsp3) is 0.135. The van der Waals surface area contributed by atoms with E-state index in [2.05, 4.69) is 117 Å². The third kappa shape index (κ3) is 3.93. The molecule has 4 heteroatoms. The molecule has 0 amide bonds. The number of nitrogens with zero attached hydrogens (tertiary/aromatic N) is 2. The number of allylic oxidation sites excluding steroid dienone is 4. The van der Waals surface area contributed by atoms with Crippen LogP contribution in [0, 0.1) is 0 Å². The Bertz CT molecular complexity index is 2240. The maximum atomic E-state index is 5.38. The topological polar surface area (TPSA) is 25.8 Å². The lowest BCUT2D eigenvalue weighted by Crippen LogP contribution is -2.23. The van der Waals surface area contributed by atoms with E-state index in [1.807, 2.05) is 17.5 Å². The molecular weight excluding hydrogens is 537 g/mol. The van der Waals surface area contributed by atoms with Crippen molar-refractivity contribution in [2.24, 2.45) is 0 Å². The van der Waals surface area contributed by atoms with Gasteiger partial charge in [-0.1, -0.05) is 85.8 Å². The molecule has 0 fully saturated rings. The van der Waals surface area contributed by atoms with E-state index in [0.29, 0.717) is 0 Å². The van der Waals surface area contributed by atoms with E-state index in [1.54, 1.807) is 0 Å². The van der Waals surface area contributed by atoms with Gasteiger partial charge in [-0.25, -0.2) is 4.98 Å². The standard InChI is InChI=1S/C37H28N2S2/c1-22(40)23-13-15-29-30(18-23)26-9-3-4-11-28(26)35-36(29)39-34(21-38-35)37(2)17-7-8-25(20-37)24-14-16-33-31(19-24)27-10-5-6-12-32(27)41-33/h3-19,21-22,40H,20H2,1-2H3/t22-,37?/m1/s1. The Balaban J connectivity index is 1.25. The second-order valence-corrected chi connectivity index (χ2v) is 13.3. The summed E-state index contributed by atoms with van der Waals surface area (Å²) in [6.07, 6.45) is 9.60. The first-order valence-corrected chi connectivity index (χ1v) is 15.4. The van der Waals surface area contributed by atoms with E-state index < -0.39 is 0 Å². The first-order chi connectivity index (χ1) is 20.0. The van der Waals surface area contributed by atoms with Crippen LogP contribution in [0.15, 0.2) is 109 Å². The number of hydrogen-bond acceptors (Lipinski definition) is 4. The van der Waals surface area contributed by atoms with Gasteiger partial charge in [-0.05, 0) is 65.1 Å². The highest BCUT2D eigenvalue weighted by Crippen LogP contribution is 2.42. The van der Waals surface area contributed by atoms with Crippen molar-refractivity contribution in [3.63, 3.8) is 0 Å². The van der Waals surface area contributed by atoms with Gasteiger partial charge in [-0.2, -0.15) is 12.6 Å². The Morgan fingerprint density at radius 2 is 1.54 bits per heavy atom. The van der Waals surface area contributed by atoms with Crippen molar-refractivity contribution in [3.8, 4) is 0 Å². The minimum atomic E-state index is -0.269. The highest BCUT2D eigenvalue weighted by molar-refractivity contribution is 7.80. The first-order valence-electron chi connectivity index (χ1n) is 14.1. The third-order valence-electron chi connectivity index (χ3n) is 8.68. The van der Waals surface area contributed by atoms with Gasteiger partial charge in [0.05, 0.1) is 22.9 Å². The van der Waals surface area contributed by atoms with Gasteiger partial charge in [0.2, 0.25) is 0 Å². The quantitative estimate of drug-likeness (QED) is 0.171. The Labute approximate surface area is 248 Å². The number of hydrogen-bond donors (Lipinski definition) is 1. The minimum absolute atomic E-state index is 0.161. The van der Waals surface area contributed by atoms with Crippen molar-refractivity contribution in [1.82, 2.24) is 9.97 Å². The highest BCUT2D eigenvalue weighted by Gasteiger charge is 2.30. The average molecular weight is 565 g/mol. The van der Waals surface area contributed by atoms with Crippen LogP contribution in [-0.4, -0.2) is 9.97 Å². The van der Waals surface area contributed by atoms with Crippen molar-refractivity contribution in [2.45, 2.75) is 30.9 Å². The van der Waals surface area contributed by atoms with Crippen LogP contribution in [0.2, 0.25) is 0 Å². The van der Waals surface area contributed by atoms with Crippen molar-refractivity contribution in [1.29, 1.82) is 0 Å². The molecule has 198 valence electrons. The number of rotatable bonds is 3. The predicted molar refractivity (Wildman–Crippen MR) is 180 cm³/mol. The van der Waals surface area contributed by atoms with Gasteiger partial charge in [-0.15, -0.1) is 11.3 Å². The molecule has 2 nitrogen and oxygen atoms in total. The largest absolute Gasteiger partial charge is 0.252 e. The summed E-state index contributed by atoms with van der Waals surface area (Å²) in [6, 6.07) is 30.8. The Kier molecular flexibility index (Phi) is 5.60. The monoisotopic (exact) mass is 564 g/mol. The molecule has 7 aromatic rings. The van der Waals surface area contributed by atoms with Crippen molar-refractivity contribution >= 4 is 82.3 Å². The normalized spacial score (nSPS) is 18.1. The van der Waals surface area contributed by atoms with E-state index in [-0.39, 0.29) is 10.7 Å². The second kappa shape index (κ2) is 9.27. The molecule has 5 aromatic carbocycles. The van der Waals surface area contributed by atoms with Gasteiger partial charge in [0.1, 0.15) is 0 Å². The molecule has 1 unspecified atom stereocenters. The van der Waals surface area contributed by atoms with Crippen LogP contribution in [0.1, 0.15) is 42.3 Å². The van der Waals surface area contributed by atoms with Gasteiger partial charge >= 0.3 is 0 Å². The number of aromatic nitrogens is 2. The summed E-state index contributed by atoms with van der Waals surface area (Å²) < 4.78 is 2.67. The summed E-state index contributed by atoms with van der Waals surface area (Å²) in [5.41, 5.74) is 6.46. The molecule has 2 heterocycles. The molecule has 0 spiro atoms. The highest BCUT2D eigenvalue weighted by atomic mass is 32.1. The molecule has 0 saturated heterocycles. The van der Waals surface area contributed by atoms with E-state index in [9.17, 15) is 0 Å². The third-order valence-corrected chi connectivity index (χ3v) is 10.1. The van der Waals surface area contributed by atoms with Gasteiger partial charge in [0.15, 0.2) is 0 Å². The summed E-state index contributed by atoms with van der Waals surface area (Å²) in [6.45, 7) is 4.40. The van der Waals surface area contributed by atoms with Crippen molar-refractivity contribution < 1.29 is 0 Å². The van der Waals surface area contributed by atoms with Crippen LogP contribution in [0.5, 0.6) is 0 Å². The zero-order valence-electron chi connectivity index (χ0n) is 22.9. The molecular formula is C37H28N2S2.